The predicted molar refractivity (Wildman–Crippen MR) is 72.8 cm³/mol. The maximum Gasteiger partial charge on any atom is 0.405 e. The molecule has 0 aliphatic carbocycles. The van der Waals surface area contributed by atoms with E-state index in [9.17, 15) is 13.2 Å². The van der Waals surface area contributed by atoms with E-state index in [4.69, 9.17) is 17.3 Å². The molecule has 0 aliphatic rings. The highest BCUT2D eigenvalue weighted by molar-refractivity contribution is 6.30. The number of alkyl halides is 3. The fourth-order valence-corrected chi connectivity index (χ4v) is 2.18. The molecule has 0 heterocycles. The van der Waals surface area contributed by atoms with Crippen molar-refractivity contribution in [3.8, 4) is 0 Å². The second kappa shape index (κ2) is 7.01. The molecule has 2 N–H and O–H groups in total. The summed E-state index contributed by atoms with van der Waals surface area (Å²) in [4.78, 5) is 1.33. The highest BCUT2D eigenvalue weighted by Gasteiger charge is 2.31. The van der Waals surface area contributed by atoms with Gasteiger partial charge in [0.15, 0.2) is 0 Å². The molecule has 0 unspecified atom stereocenters. The number of halogens is 4. The van der Waals surface area contributed by atoms with Crippen LogP contribution in [0.4, 0.5) is 18.9 Å². The molecule has 1 rings (SSSR count). The standard InChI is InChI=1S/C13H18ClF3N2/c1-2-7-19(9-13(15,16)17)12-4-3-11(14)8-10(12)5-6-18/h3-4,8H,2,5-7,9,18H2,1H3. The molecule has 0 spiro atoms. The maximum atomic E-state index is 12.6. The SMILES string of the molecule is CCCN(CC(F)(F)F)c1ccc(Cl)cc1CCN. The number of rotatable bonds is 6. The molecule has 2 nitrogen and oxygen atoms in total. The van der Waals surface area contributed by atoms with E-state index in [1.807, 2.05) is 6.92 Å². The van der Waals surface area contributed by atoms with Crippen LogP contribution < -0.4 is 10.6 Å². The number of anilines is 1. The van der Waals surface area contributed by atoms with Crippen LogP contribution in [0.3, 0.4) is 0 Å². The van der Waals surface area contributed by atoms with Crippen molar-refractivity contribution in [1.82, 2.24) is 0 Å². The molecule has 108 valence electrons. The van der Waals surface area contributed by atoms with Crippen LogP contribution in [0.15, 0.2) is 18.2 Å². The summed E-state index contributed by atoms with van der Waals surface area (Å²) in [7, 11) is 0. The largest absolute Gasteiger partial charge is 0.405 e. The molecule has 0 amide bonds. The zero-order valence-corrected chi connectivity index (χ0v) is 11.6. The Morgan fingerprint density at radius 3 is 2.53 bits per heavy atom. The van der Waals surface area contributed by atoms with E-state index < -0.39 is 12.7 Å². The molecule has 6 heteroatoms. The van der Waals surface area contributed by atoms with Crippen molar-refractivity contribution in [2.24, 2.45) is 5.73 Å². The first-order chi connectivity index (χ1) is 8.87. The Hall–Kier alpha value is -0.940. The molecule has 0 saturated heterocycles. The summed E-state index contributed by atoms with van der Waals surface area (Å²) in [5, 5.41) is 0.510. The zero-order valence-electron chi connectivity index (χ0n) is 10.8. The molecule has 0 atom stereocenters. The third kappa shape index (κ3) is 5.28. The lowest BCUT2D eigenvalue weighted by Crippen LogP contribution is -2.35. The van der Waals surface area contributed by atoms with Gasteiger partial charge in [-0.1, -0.05) is 18.5 Å². The van der Waals surface area contributed by atoms with Gasteiger partial charge in [-0.25, -0.2) is 0 Å². The molecule has 0 fully saturated rings. The molecule has 0 saturated carbocycles. The molecule has 0 radical (unpaired) electrons. The van der Waals surface area contributed by atoms with Gasteiger partial charge in [-0.2, -0.15) is 13.2 Å². The topological polar surface area (TPSA) is 29.3 Å². The molecule has 1 aromatic carbocycles. The van der Waals surface area contributed by atoms with E-state index in [0.717, 1.165) is 5.56 Å². The summed E-state index contributed by atoms with van der Waals surface area (Å²) in [6.45, 7) is 1.61. The first-order valence-electron chi connectivity index (χ1n) is 6.17. The molecular weight excluding hydrogens is 277 g/mol. The van der Waals surface area contributed by atoms with Gasteiger partial charge in [-0.05, 0) is 43.1 Å². The van der Waals surface area contributed by atoms with Crippen LogP contribution in [0.1, 0.15) is 18.9 Å². The van der Waals surface area contributed by atoms with Crippen LogP contribution in [-0.4, -0.2) is 25.8 Å². The van der Waals surface area contributed by atoms with Crippen LogP contribution in [0.5, 0.6) is 0 Å². The van der Waals surface area contributed by atoms with Crippen molar-refractivity contribution in [3.63, 3.8) is 0 Å². The van der Waals surface area contributed by atoms with Gasteiger partial charge >= 0.3 is 6.18 Å². The van der Waals surface area contributed by atoms with Gasteiger partial charge in [-0.3, -0.25) is 0 Å². The van der Waals surface area contributed by atoms with Crippen LogP contribution in [0.2, 0.25) is 5.02 Å². The van der Waals surface area contributed by atoms with Gasteiger partial charge in [0.1, 0.15) is 6.54 Å². The van der Waals surface area contributed by atoms with Crippen molar-refractivity contribution in [1.29, 1.82) is 0 Å². The molecule has 0 aromatic heterocycles. The summed E-state index contributed by atoms with van der Waals surface area (Å²) in [5.41, 5.74) is 6.82. The van der Waals surface area contributed by atoms with Gasteiger partial charge in [0, 0.05) is 17.3 Å². The lowest BCUT2D eigenvalue weighted by molar-refractivity contribution is -0.119. The summed E-state index contributed by atoms with van der Waals surface area (Å²) in [5.74, 6) is 0. The number of hydrogen-bond donors (Lipinski definition) is 1. The third-order valence-electron chi connectivity index (χ3n) is 2.66. The summed E-state index contributed by atoms with van der Waals surface area (Å²) < 4.78 is 37.9. The Kier molecular flexibility index (Phi) is 5.94. The van der Waals surface area contributed by atoms with Crippen molar-refractivity contribution in [2.45, 2.75) is 25.9 Å². The average Bonchev–Trinajstić information content (AvgIpc) is 2.27. The average molecular weight is 295 g/mol. The zero-order chi connectivity index (χ0) is 14.5. The second-order valence-electron chi connectivity index (χ2n) is 4.35. The van der Waals surface area contributed by atoms with Gasteiger partial charge in [0.2, 0.25) is 0 Å². The Balaban J connectivity index is 3.06. The van der Waals surface area contributed by atoms with Crippen molar-refractivity contribution in [3.05, 3.63) is 28.8 Å². The predicted octanol–water partition coefficient (Wildman–Crippen LogP) is 3.62. The minimum absolute atomic E-state index is 0.346. The fraction of sp³-hybridized carbons (Fsp3) is 0.538. The lowest BCUT2D eigenvalue weighted by atomic mass is 10.1. The van der Waals surface area contributed by atoms with E-state index in [1.54, 1.807) is 18.2 Å². The van der Waals surface area contributed by atoms with E-state index in [2.05, 4.69) is 0 Å². The van der Waals surface area contributed by atoms with Crippen LogP contribution in [0.25, 0.3) is 0 Å². The number of hydrogen-bond acceptors (Lipinski definition) is 2. The van der Waals surface area contributed by atoms with Gasteiger partial charge in [0.25, 0.3) is 0 Å². The second-order valence-corrected chi connectivity index (χ2v) is 4.78. The number of nitrogens with two attached hydrogens (primary N) is 1. The number of benzene rings is 1. The Labute approximate surface area is 116 Å². The highest BCUT2D eigenvalue weighted by Crippen LogP contribution is 2.28. The fourth-order valence-electron chi connectivity index (χ4n) is 1.99. The van der Waals surface area contributed by atoms with Crippen molar-refractivity contribution < 1.29 is 13.2 Å². The molecule has 0 bridgehead atoms. The highest BCUT2D eigenvalue weighted by atomic mass is 35.5. The smallest absolute Gasteiger partial charge is 0.362 e. The normalized spacial score (nSPS) is 11.7. The molecule has 1 aromatic rings. The monoisotopic (exact) mass is 294 g/mol. The van der Waals surface area contributed by atoms with Crippen molar-refractivity contribution in [2.75, 3.05) is 24.5 Å². The summed E-state index contributed by atoms with van der Waals surface area (Å²) in [6.07, 6.45) is -3.08. The van der Waals surface area contributed by atoms with E-state index in [0.29, 0.717) is 36.6 Å². The van der Waals surface area contributed by atoms with Crippen LogP contribution in [-0.2, 0) is 6.42 Å². The first kappa shape index (κ1) is 16.1. The summed E-state index contributed by atoms with van der Waals surface area (Å²) in [6, 6.07) is 4.92. The molecule has 0 aliphatic heterocycles. The van der Waals surface area contributed by atoms with E-state index >= 15 is 0 Å². The van der Waals surface area contributed by atoms with Crippen LogP contribution in [0, 0.1) is 0 Å². The summed E-state index contributed by atoms with van der Waals surface area (Å²) >= 11 is 5.89. The van der Waals surface area contributed by atoms with E-state index in [-0.39, 0.29) is 0 Å². The number of nitrogens with zero attached hydrogens (tertiary/aromatic N) is 1. The Bertz CT molecular complexity index is 407. The Morgan fingerprint density at radius 2 is 2.00 bits per heavy atom. The van der Waals surface area contributed by atoms with Crippen molar-refractivity contribution >= 4 is 17.3 Å². The maximum absolute atomic E-state index is 12.6. The third-order valence-corrected chi connectivity index (χ3v) is 2.89. The van der Waals surface area contributed by atoms with Gasteiger partial charge in [0.05, 0.1) is 0 Å². The molecule has 19 heavy (non-hydrogen) atoms. The van der Waals surface area contributed by atoms with Crippen LogP contribution >= 0.6 is 11.6 Å². The first-order valence-corrected chi connectivity index (χ1v) is 6.55. The minimum Gasteiger partial charge on any atom is -0.362 e. The molecular formula is C13H18ClF3N2. The lowest BCUT2D eigenvalue weighted by Gasteiger charge is -2.28. The quantitative estimate of drug-likeness (QED) is 0.868. The van der Waals surface area contributed by atoms with Gasteiger partial charge < -0.3 is 10.6 Å². The van der Waals surface area contributed by atoms with E-state index in [1.165, 1.54) is 4.90 Å². The Morgan fingerprint density at radius 1 is 1.32 bits per heavy atom. The van der Waals surface area contributed by atoms with Gasteiger partial charge in [-0.15, -0.1) is 0 Å². The minimum atomic E-state index is -4.23.